The van der Waals surface area contributed by atoms with Gasteiger partial charge in [0.2, 0.25) is 5.95 Å². The van der Waals surface area contributed by atoms with Crippen molar-refractivity contribution in [1.29, 1.82) is 0 Å². The maximum Gasteiger partial charge on any atom is 0.319 e. The SMILES string of the molecule is O=C(Nc1cccnc1F)N[C@@H]1CCCN(c2cnccn2)C1. The van der Waals surface area contributed by atoms with Gasteiger partial charge in [0.1, 0.15) is 5.82 Å². The standard InChI is InChI=1S/C15H17FN6O/c16-14-12(4-1-5-19-14)21-15(23)20-11-3-2-8-22(10-11)13-9-17-6-7-18-13/h1,4-7,9,11H,2-3,8,10H2,(H2,20,21,23)/t11-/m1/s1. The Balaban J connectivity index is 1.57. The normalized spacial score (nSPS) is 17.6. The largest absolute Gasteiger partial charge is 0.353 e. The Morgan fingerprint density at radius 2 is 2.22 bits per heavy atom. The topological polar surface area (TPSA) is 83.0 Å². The summed E-state index contributed by atoms with van der Waals surface area (Å²) in [7, 11) is 0. The van der Waals surface area contributed by atoms with Gasteiger partial charge in [0, 0.05) is 37.7 Å². The Hall–Kier alpha value is -2.77. The van der Waals surface area contributed by atoms with Crippen LogP contribution in [0, 0.1) is 5.95 Å². The minimum atomic E-state index is -0.701. The second-order valence-corrected chi connectivity index (χ2v) is 5.29. The number of halogens is 1. The first-order chi connectivity index (χ1) is 11.2. The second kappa shape index (κ2) is 6.99. The maximum atomic E-state index is 13.4. The van der Waals surface area contributed by atoms with Crippen LogP contribution in [0.25, 0.3) is 0 Å². The number of carbonyl (C=O) groups excluding carboxylic acids is 1. The van der Waals surface area contributed by atoms with Crippen LogP contribution in [0.1, 0.15) is 12.8 Å². The second-order valence-electron chi connectivity index (χ2n) is 5.29. The van der Waals surface area contributed by atoms with Gasteiger partial charge in [-0.15, -0.1) is 0 Å². The molecule has 2 aromatic heterocycles. The van der Waals surface area contributed by atoms with Crippen molar-refractivity contribution < 1.29 is 9.18 Å². The Morgan fingerprint density at radius 3 is 3.00 bits per heavy atom. The lowest BCUT2D eigenvalue weighted by Gasteiger charge is -2.33. The van der Waals surface area contributed by atoms with Crippen molar-refractivity contribution >= 4 is 17.5 Å². The molecular weight excluding hydrogens is 299 g/mol. The van der Waals surface area contributed by atoms with Crippen molar-refractivity contribution in [2.45, 2.75) is 18.9 Å². The lowest BCUT2D eigenvalue weighted by Crippen LogP contribution is -2.49. The zero-order valence-electron chi connectivity index (χ0n) is 12.4. The molecule has 23 heavy (non-hydrogen) atoms. The van der Waals surface area contributed by atoms with E-state index in [-0.39, 0.29) is 11.7 Å². The Labute approximate surface area is 133 Å². The van der Waals surface area contributed by atoms with Gasteiger partial charge >= 0.3 is 6.03 Å². The number of carbonyl (C=O) groups is 1. The summed E-state index contributed by atoms with van der Waals surface area (Å²) in [5.41, 5.74) is 0.0617. The van der Waals surface area contributed by atoms with Crippen molar-refractivity contribution in [3.05, 3.63) is 42.9 Å². The highest BCUT2D eigenvalue weighted by Gasteiger charge is 2.22. The van der Waals surface area contributed by atoms with Gasteiger partial charge in [0.15, 0.2) is 0 Å². The fourth-order valence-corrected chi connectivity index (χ4v) is 2.58. The van der Waals surface area contributed by atoms with Crippen LogP contribution in [0.5, 0.6) is 0 Å². The van der Waals surface area contributed by atoms with Gasteiger partial charge in [0.05, 0.1) is 11.9 Å². The fraction of sp³-hybridized carbons (Fsp3) is 0.333. The predicted octanol–water partition coefficient (Wildman–Crippen LogP) is 1.80. The molecule has 1 fully saturated rings. The highest BCUT2D eigenvalue weighted by Crippen LogP contribution is 2.17. The fourth-order valence-electron chi connectivity index (χ4n) is 2.58. The number of nitrogens with zero attached hydrogens (tertiary/aromatic N) is 4. The summed E-state index contributed by atoms with van der Waals surface area (Å²) in [6.45, 7) is 1.51. The number of pyridine rings is 1. The van der Waals surface area contributed by atoms with Crippen molar-refractivity contribution in [1.82, 2.24) is 20.3 Å². The first-order valence-corrected chi connectivity index (χ1v) is 7.41. The summed E-state index contributed by atoms with van der Waals surface area (Å²) in [6.07, 6.45) is 8.09. The number of piperidine rings is 1. The van der Waals surface area contributed by atoms with Gasteiger partial charge in [-0.25, -0.2) is 14.8 Å². The van der Waals surface area contributed by atoms with Crippen LogP contribution in [0.2, 0.25) is 0 Å². The van der Waals surface area contributed by atoms with Crippen LogP contribution in [-0.2, 0) is 0 Å². The molecule has 1 saturated heterocycles. The molecule has 3 heterocycles. The quantitative estimate of drug-likeness (QED) is 0.844. The molecule has 8 heteroatoms. The van der Waals surface area contributed by atoms with Crippen LogP contribution in [0.15, 0.2) is 36.9 Å². The molecule has 3 rings (SSSR count). The first-order valence-electron chi connectivity index (χ1n) is 7.41. The van der Waals surface area contributed by atoms with Gasteiger partial charge in [-0.1, -0.05) is 0 Å². The van der Waals surface area contributed by atoms with E-state index in [1.54, 1.807) is 24.7 Å². The third-order valence-electron chi connectivity index (χ3n) is 3.64. The first kappa shape index (κ1) is 15.1. The van der Waals surface area contributed by atoms with Gasteiger partial charge in [-0.3, -0.25) is 4.98 Å². The van der Waals surface area contributed by atoms with E-state index in [2.05, 4.69) is 30.5 Å². The predicted molar refractivity (Wildman–Crippen MR) is 83.6 cm³/mol. The molecule has 0 spiro atoms. The molecule has 1 atom stereocenters. The number of rotatable bonds is 3. The Kier molecular flexibility index (Phi) is 4.60. The lowest BCUT2D eigenvalue weighted by molar-refractivity contribution is 0.246. The smallest absolute Gasteiger partial charge is 0.319 e. The summed E-state index contributed by atoms with van der Waals surface area (Å²) >= 11 is 0. The molecule has 2 aromatic rings. The van der Waals surface area contributed by atoms with Crippen LogP contribution in [-0.4, -0.2) is 40.1 Å². The van der Waals surface area contributed by atoms with Gasteiger partial charge in [0.25, 0.3) is 0 Å². The summed E-state index contributed by atoms with van der Waals surface area (Å²) < 4.78 is 13.4. The minimum absolute atomic E-state index is 0.0366. The van der Waals surface area contributed by atoms with Crippen molar-refractivity contribution in [2.24, 2.45) is 0 Å². The summed E-state index contributed by atoms with van der Waals surface area (Å²) in [6, 6.07) is 2.55. The number of aromatic nitrogens is 3. The van der Waals surface area contributed by atoms with E-state index in [0.29, 0.717) is 6.54 Å². The van der Waals surface area contributed by atoms with Crippen LogP contribution in [0.3, 0.4) is 0 Å². The number of anilines is 2. The van der Waals surface area contributed by atoms with E-state index in [1.807, 2.05) is 0 Å². The van der Waals surface area contributed by atoms with Crippen molar-refractivity contribution in [3.8, 4) is 0 Å². The number of hydrogen-bond acceptors (Lipinski definition) is 5. The number of nitrogens with one attached hydrogen (secondary N) is 2. The zero-order valence-corrected chi connectivity index (χ0v) is 12.4. The lowest BCUT2D eigenvalue weighted by atomic mass is 10.1. The van der Waals surface area contributed by atoms with Gasteiger partial charge in [-0.2, -0.15) is 4.39 Å². The molecule has 1 aliphatic heterocycles. The number of urea groups is 1. The molecule has 0 radical (unpaired) electrons. The number of amides is 2. The average Bonchev–Trinajstić information content (AvgIpc) is 2.58. The van der Waals surface area contributed by atoms with Crippen molar-refractivity contribution in [3.63, 3.8) is 0 Å². The van der Waals surface area contributed by atoms with E-state index in [1.165, 1.54) is 12.3 Å². The molecule has 0 bridgehead atoms. The van der Waals surface area contributed by atoms with Gasteiger partial charge < -0.3 is 15.5 Å². The minimum Gasteiger partial charge on any atom is -0.353 e. The maximum absolute atomic E-state index is 13.4. The molecule has 120 valence electrons. The summed E-state index contributed by atoms with van der Waals surface area (Å²) in [5.74, 6) is 0.0881. The molecule has 1 aliphatic rings. The molecule has 0 aliphatic carbocycles. The molecule has 0 aromatic carbocycles. The van der Waals surface area contributed by atoms with Crippen LogP contribution in [0.4, 0.5) is 20.7 Å². The highest BCUT2D eigenvalue weighted by molar-refractivity contribution is 5.89. The van der Waals surface area contributed by atoms with Gasteiger partial charge in [-0.05, 0) is 25.0 Å². The van der Waals surface area contributed by atoms with E-state index in [9.17, 15) is 9.18 Å². The van der Waals surface area contributed by atoms with Crippen LogP contribution < -0.4 is 15.5 Å². The Bertz CT molecular complexity index is 668. The number of hydrogen-bond donors (Lipinski definition) is 2. The molecule has 2 N–H and O–H groups in total. The molecule has 0 unspecified atom stereocenters. The summed E-state index contributed by atoms with van der Waals surface area (Å²) in [4.78, 5) is 25.9. The van der Waals surface area contributed by atoms with E-state index in [4.69, 9.17) is 0 Å². The third kappa shape index (κ3) is 3.91. The van der Waals surface area contributed by atoms with Crippen molar-refractivity contribution in [2.75, 3.05) is 23.3 Å². The average molecular weight is 316 g/mol. The zero-order chi connectivity index (χ0) is 16.1. The van der Waals surface area contributed by atoms with Crippen LogP contribution >= 0.6 is 0 Å². The monoisotopic (exact) mass is 316 g/mol. The third-order valence-corrected chi connectivity index (χ3v) is 3.64. The highest BCUT2D eigenvalue weighted by atomic mass is 19.1. The Morgan fingerprint density at radius 1 is 1.30 bits per heavy atom. The molecular formula is C15H17FN6O. The molecule has 2 amide bonds. The summed E-state index contributed by atoms with van der Waals surface area (Å²) in [5, 5.41) is 5.34. The van der Waals surface area contributed by atoms with E-state index in [0.717, 1.165) is 25.2 Å². The molecule has 7 nitrogen and oxygen atoms in total. The molecule has 0 saturated carbocycles. The van der Waals surface area contributed by atoms with E-state index < -0.39 is 12.0 Å². The van der Waals surface area contributed by atoms with E-state index >= 15 is 0 Å².